The van der Waals surface area contributed by atoms with Crippen LogP contribution in [-0.4, -0.2) is 26.7 Å². The van der Waals surface area contributed by atoms with Gasteiger partial charge in [-0.25, -0.2) is 0 Å². The van der Waals surface area contributed by atoms with Crippen molar-refractivity contribution in [2.24, 2.45) is 0 Å². The number of ether oxygens (including phenoxy) is 2. The van der Waals surface area contributed by atoms with E-state index < -0.39 is 0 Å². The maximum absolute atomic E-state index is 12.1. The number of amides is 1. The van der Waals surface area contributed by atoms with Crippen molar-refractivity contribution in [3.8, 4) is 11.5 Å². The molecule has 6 heteroatoms. The van der Waals surface area contributed by atoms with E-state index in [-0.39, 0.29) is 5.91 Å². The summed E-state index contributed by atoms with van der Waals surface area (Å²) in [5.41, 5.74) is 1.68. The van der Waals surface area contributed by atoms with Crippen LogP contribution < -0.4 is 14.8 Å². The number of benzene rings is 2. The zero-order chi connectivity index (χ0) is 16.8. The number of carbonyl (C=O) groups is 1. The quantitative estimate of drug-likeness (QED) is 0.729. The molecule has 2 aromatic rings. The zero-order valence-electron chi connectivity index (χ0n) is 12.9. The van der Waals surface area contributed by atoms with Crippen molar-refractivity contribution in [1.82, 2.24) is 5.32 Å². The fraction of sp³-hybridized carbons (Fsp3) is 0.235. The SMILES string of the molecule is COc1cc(Br)c(CCNC(=O)c2ccc(Br)cc2)cc1OC. The molecule has 0 aliphatic rings. The minimum atomic E-state index is -0.0888. The van der Waals surface area contributed by atoms with Crippen LogP contribution in [-0.2, 0) is 6.42 Å². The van der Waals surface area contributed by atoms with Crippen molar-refractivity contribution < 1.29 is 14.3 Å². The molecule has 0 heterocycles. The summed E-state index contributed by atoms with van der Waals surface area (Å²) in [6.07, 6.45) is 0.684. The predicted molar refractivity (Wildman–Crippen MR) is 97.4 cm³/mol. The Morgan fingerprint density at radius 3 is 2.26 bits per heavy atom. The molecule has 0 atom stereocenters. The summed E-state index contributed by atoms with van der Waals surface area (Å²) in [4.78, 5) is 12.1. The number of methoxy groups -OCH3 is 2. The van der Waals surface area contributed by atoms with E-state index in [9.17, 15) is 4.79 Å². The Morgan fingerprint density at radius 2 is 1.65 bits per heavy atom. The molecule has 0 aliphatic carbocycles. The van der Waals surface area contributed by atoms with Crippen molar-refractivity contribution in [1.29, 1.82) is 0 Å². The molecule has 23 heavy (non-hydrogen) atoms. The maximum Gasteiger partial charge on any atom is 0.251 e. The van der Waals surface area contributed by atoms with E-state index in [4.69, 9.17) is 9.47 Å². The molecule has 1 amide bonds. The highest BCUT2D eigenvalue weighted by atomic mass is 79.9. The normalized spacial score (nSPS) is 10.3. The molecule has 0 aliphatic heterocycles. The van der Waals surface area contributed by atoms with Crippen LogP contribution in [0, 0.1) is 0 Å². The summed E-state index contributed by atoms with van der Waals surface area (Å²) in [6, 6.07) is 11.0. The number of hydrogen-bond donors (Lipinski definition) is 1. The van der Waals surface area contributed by atoms with Gasteiger partial charge in [-0.15, -0.1) is 0 Å². The largest absolute Gasteiger partial charge is 0.493 e. The van der Waals surface area contributed by atoms with Crippen LogP contribution in [0.25, 0.3) is 0 Å². The lowest BCUT2D eigenvalue weighted by molar-refractivity contribution is 0.0954. The summed E-state index contributed by atoms with van der Waals surface area (Å²) in [6.45, 7) is 0.531. The van der Waals surface area contributed by atoms with Crippen LogP contribution in [0.1, 0.15) is 15.9 Å². The molecule has 0 spiro atoms. The lowest BCUT2D eigenvalue weighted by atomic mass is 10.1. The van der Waals surface area contributed by atoms with E-state index in [0.717, 1.165) is 14.5 Å². The van der Waals surface area contributed by atoms with Crippen LogP contribution in [0.3, 0.4) is 0 Å². The van der Waals surface area contributed by atoms with Crippen LogP contribution in [0.4, 0.5) is 0 Å². The van der Waals surface area contributed by atoms with Gasteiger partial charge in [0, 0.05) is 21.1 Å². The van der Waals surface area contributed by atoms with Crippen molar-refractivity contribution in [3.05, 3.63) is 56.5 Å². The molecule has 0 aromatic heterocycles. The third-order valence-corrected chi connectivity index (χ3v) is 4.61. The topological polar surface area (TPSA) is 47.6 Å². The van der Waals surface area contributed by atoms with Gasteiger partial charge in [-0.3, -0.25) is 4.79 Å². The van der Waals surface area contributed by atoms with E-state index in [1.54, 1.807) is 26.4 Å². The molecule has 0 radical (unpaired) electrons. The van der Waals surface area contributed by atoms with Gasteiger partial charge < -0.3 is 14.8 Å². The summed E-state index contributed by atoms with van der Waals surface area (Å²) in [5, 5.41) is 2.91. The first-order chi connectivity index (χ1) is 11.0. The minimum absolute atomic E-state index is 0.0888. The molecule has 122 valence electrons. The van der Waals surface area contributed by atoms with E-state index in [2.05, 4.69) is 37.2 Å². The predicted octanol–water partition coefficient (Wildman–Crippen LogP) is 4.20. The number of hydrogen-bond acceptors (Lipinski definition) is 3. The molecule has 4 nitrogen and oxygen atoms in total. The first-order valence-electron chi connectivity index (χ1n) is 6.99. The maximum atomic E-state index is 12.1. The van der Waals surface area contributed by atoms with Gasteiger partial charge >= 0.3 is 0 Å². The zero-order valence-corrected chi connectivity index (χ0v) is 16.0. The van der Waals surface area contributed by atoms with Gasteiger partial charge in [-0.1, -0.05) is 31.9 Å². The summed E-state index contributed by atoms with van der Waals surface area (Å²) < 4.78 is 12.4. The second kappa shape index (κ2) is 8.36. The number of carbonyl (C=O) groups excluding carboxylic acids is 1. The number of rotatable bonds is 6. The van der Waals surface area contributed by atoms with Gasteiger partial charge in [-0.2, -0.15) is 0 Å². The highest BCUT2D eigenvalue weighted by Crippen LogP contribution is 2.33. The molecule has 1 N–H and O–H groups in total. The van der Waals surface area contributed by atoms with Crippen molar-refractivity contribution >= 4 is 37.8 Å². The molecule has 0 unspecified atom stereocenters. The van der Waals surface area contributed by atoms with Crippen LogP contribution >= 0.6 is 31.9 Å². The summed E-state index contributed by atoms with van der Waals surface area (Å²) >= 11 is 6.87. The van der Waals surface area contributed by atoms with Crippen LogP contribution in [0.2, 0.25) is 0 Å². The Kier molecular flexibility index (Phi) is 6.47. The van der Waals surface area contributed by atoms with E-state index in [1.807, 2.05) is 24.3 Å². The molecule has 0 fully saturated rings. The average molecular weight is 443 g/mol. The first kappa shape index (κ1) is 17.8. The van der Waals surface area contributed by atoms with Gasteiger partial charge in [-0.05, 0) is 48.4 Å². The smallest absolute Gasteiger partial charge is 0.251 e. The highest BCUT2D eigenvalue weighted by molar-refractivity contribution is 9.10. The Labute approximate surface area is 152 Å². The van der Waals surface area contributed by atoms with Gasteiger partial charge in [0.05, 0.1) is 14.2 Å². The van der Waals surface area contributed by atoms with Crippen molar-refractivity contribution in [2.45, 2.75) is 6.42 Å². The Hall–Kier alpha value is -1.53. The first-order valence-corrected chi connectivity index (χ1v) is 8.58. The second-order valence-corrected chi connectivity index (χ2v) is 6.58. The fourth-order valence-electron chi connectivity index (χ4n) is 2.10. The highest BCUT2D eigenvalue weighted by Gasteiger charge is 2.10. The van der Waals surface area contributed by atoms with Gasteiger partial charge in [0.1, 0.15) is 0 Å². The lowest BCUT2D eigenvalue weighted by Gasteiger charge is -2.12. The Morgan fingerprint density at radius 1 is 1.04 bits per heavy atom. The van der Waals surface area contributed by atoms with E-state index in [0.29, 0.717) is 30.0 Å². The van der Waals surface area contributed by atoms with Gasteiger partial charge in [0.25, 0.3) is 5.91 Å². The molecular weight excluding hydrogens is 426 g/mol. The minimum Gasteiger partial charge on any atom is -0.493 e. The second-order valence-electron chi connectivity index (χ2n) is 4.81. The molecular formula is C17H17Br2NO3. The fourth-order valence-corrected chi connectivity index (χ4v) is 2.89. The Balaban J connectivity index is 1.98. The van der Waals surface area contributed by atoms with Crippen molar-refractivity contribution in [2.75, 3.05) is 20.8 Å². The molecule has 2 rings (SSSR count). The average Bonchev–Trinajstić information content (AvgIpc) is 2.56. The molecule has 0 saturated heterocycles. The molecule has 0 saturated carbocycles. The van der Waals surface area contributed by atoms with E-state index >= 15 is 0 Å². The van der Waals surface area contributed by atoms with Crippen LogP contribution in [0.15, 0.2) is 45.3 Å². The molecule has 2 aromatic carbocycles. The van der Waals surface area contributed by atoms with E-state index in [1.165, 1.54) is 0 Å². The van der Waals surface area contributed by atoms with Gasteiger partial charge in [0.15, 0.2) is 11.5 Å². The Bertz CT molecular complexity index is 687. The number of nitrogens with one attached hydrogen (secondary N) is 1. The summed E-state index contributed by atoms with van der Waals surface area (Å²) in [7, 11) is 3.20. The lowest BCUT2D eigenvalue weighted by Crippen LogP contribution is -2.25. The van der Waals surface area contributed by atoms with Crippen molar-refractivity contribution in [3.63, 3.8) is 0 Å². The monoisotopic (exact) mass is 441 g/mol. The third-order valence-electron chi connectivity index (χ3n) is 3.34. The standard InChI is InChI=1S/C17H17Br2NO3/c1-22-15-9-12(14(19)10-16(15)23-2)7-8-20-17(21)11-3-5-13(18)6-4-11/h3-6,9-10H,7-8H2,1-2H3,(H,20,21). The number of halogens is 2. The third kappa shape index (κ3) is 4.72. The summed E-state index contributed by atoms with van der Waals surface area (Å²) in [5.74, 6) is 1.25. The van der Waals surface area contributed by atoms with Gasteiger partial charge in [0.2, 0.25) is 0 Å². The van der Waals surface area contributed by atoms with Crippen LogP contribution in [0.5, 0.6) is 11.5 Å². The molecule has 0 bridgehead atoms.